The number of nitrogens with one attached hydrogen (secondary N) is 2. The van der Waals surface area contributed by atoms with Crippen molar-refractivity contribution >= 4 is 0 Å². The van der Waals surface area contributed by atoms with Crippen LogP contribution in [-0.4, -0.2) is 38.4 Å². The van der Waals surface area contributed by atoms with Crippen LogP contribution < -0.4 is 10.6 Å². The Bertz CT molecular complexity index is 135. The van der Waals surface area contributed by atoms with Gasteiger partial charge in [0.05, 0.1) is 6.61 Å². The van der Waals surface area contributed by atoms with Crippen LogP contribution in [0, 0.1) is 0 Å². The second-order valence-electron chi connectivity index (χ2n) is 4.08. The first-order chi connectivity index (χ1) is 6.83. The van der Waals surface area contributed by atoms with E-state index in [2.05, 4.69) is 17.6 Å². The Balaban J connectivity index is 1.95. The summed E-state index contributed by atoms with van der Waals surface area (Å²) in [5, 5.41) is 7.00. The van der Waals surface area contributed by atoms with Gasteiger partial charge < -0.3 is 15.4 Å². The number of rotatable bonds is 7. The van der Waals surface area contributed by atoms with E-state index in [0.717, 1.165) is 25.8 Å². The van der Waals surface area contributed by atoms with Crippen LogP contribution in [0.1, 0.15) is 33.1 Å². The summed E-state index contributed by atoms with van der Waals surface area (Å²) in [5.74, 6) is 0. The molecule has 1 aliphatic rings. The quantitative estimate of drug-likeness (QED) is 0.605. The molecule has 2 atom stereocenters. The van der Waals surface area contributed by atoms with E-state index in [0.29, 0.717) is 6.04 Å². The molecule has 1 saturated heterocycles. The van der Waals surface area contributed by atoms with Gasteiger partial charge in [0.1, 0.15) is 0 Å². The van der Waals surface area contributed by atoms with Crippen molar-refractivity contribution in [3.05, 3.63) is 0 Å². The molecule has 0 spiro atoms. The summed E-state index contributed by atoms with van der Waals surface area (Å²) >= 11 is 0. The zero-order valence-corrected chi connectivity index (χ0v) is 9.51. The van der Waals surface area contributed by atoms with Crippen LogP contribution >= 0.6 is 0 Å². The molecule has 1 rings (SSSR count). The number of hydrogen-bond acceptors (Lipinski definition) is 3. The third kappa shape index (κ3) is 4.94. The summed E-state index contributed by atoms with van der Waals surface area (Å²) in [5.41, 5.74) is 0. The van der Waals surface area contributed by atoms with E-state index in [1.54, 1.807) is 0 Å². The van der Waals surface area contributed by atoms with Gasteiger partial charge in [-0.2, -0.15) is 0 Å². The van der Waals surface area contributed by atoms with Crippen molar-refractivity contribution in [2.45, 2.75) is 45.2 Å². The Kier molecular flexibility index (Phi) is 6.15. The SMILES string of the molecule is CCOCCNC(C)CC1CCCN1. The first-order valence-electron chi connectivity index (χ1n) is 5.87. The zero-order chi connectivity index (χ0) is 10.2. The Morgan fingerprint density at radius 1 is 1.57 bits per heavy atom. The van der Waals surface area contributed by atoms with Crippen LogP contribution in [0.5, 0.6) is 0 Å². The summed E-state index contributed by atoms with van der Waals surface area (Å²) in [6, 6.07) is 1.34. The van der Waals surface area contributed by atoms with Crippen molar-refractivity contribution in [3.63, 3.8) is 0 Å². The topological polar surface area (TPSA) is 33.3 Å². The van der Waals surface area contributed by atoms with Gasteiger partial charge in [-0.25, -0.2) is 0 Å². The number of ether oxygens (including phenoxy) is 1. The summed E-state index contributed by atoms with van der Waals surface area (Å²) in [7, 11) is 0. The van der Waals surface area contributed by atoms with E-state index < -0.39 is 0 Å². The van der Waals surface area contributed by atoms with Crippen molar-refractivity contribution in [2.75, 3.05) is 26.3 Å². The molecule has 0 amide bonds. The van der Waals surface area contributed by atoms with Crippen LogP contribution in [-0.2, 0) is 4.74 Å². The molecule has 84 valence electrons. The minimum atomic E-state index is 0.603. The first-order valence-corrected chi connectivity index (χ1v) is 5.87. The fourth-order valence-electron chi connectivity index (χ4n) is 1.99. The van der Waals surface area contributed by atoms with Gasteiger partial charge in [-0.15, -0.1) is 0 Å². The monoisotopic (exact) mass is 200 g/mol. The van der Waals surface area contributed by atoms with Gasteiger partial charge in [0.2, 0.25) is 0 Å². The van der Waals surface area contributed by atoms with Gasteiger partial charge in [-0.1, -0.05) is 0 Å². The van der Waals surface area contributed by atoms with E-state index in [-0.39, 0.29) is 0 Å². The molecule has 14 heavy (non-hydrogen) atoms. The smallest absolute Gasteiger partial charge is 0.0590 e. The highest BCUT2D eigenvalue weighted by molar-refractivity contribution is 4.78. The third-order valence-electron chi connectivity index (χ3n) is 2.74. The second-order valence-corrected chi connectivity index (χ2v) is 4.08. The van der Waals surface area contributed by atoms with Gasteiger partial charge in [0, 0.05) is 25.2 Å². The van der Waals surface area contributed by atoms with Crippen molar-refractivity contribution < 1.29 is 4.74 Å². The predicted octanol–water partition coefficient (Wildman–Crippen LogP) is 1.14. The zero-order valence-electron chi connectivity index (χ0n) is 9.51. The van der Waals surface area contributed by atoms with Gasteiger partial charge in [0.15, 0.2) is 0 Å². The molecule has 1 aliphatic heterocycles. The van der Waals surface area contributed by atoms with E-state index in [1.807, 2.05) is 6.92 Å². The van der Waals surface area contributed by atoms with Gasteiger partial charge in [-0.05, 0) is 39.7 Å². The highest BCUT2D eigenvalue weighted by Crippen LogP contribution is 2.10. The molecule has 0 saturated carbocycles. The third-order valence-corrected chi connectivity index (χ3v) is 2.74. The van der Waals surface area contributed by atoms with E-state index in [1.165, 1.54) is 25.8 Å². The molecule has 1 heterocycles. The summed E-state index contributed by atoms with van der Waals surface area (Å²) in [6.45, 7) is 8.12. The van der Waals surface area contributed by atoms with Crippen LogP contribution in [0.25, 0.3) is 0 Å². The van der Waals surface area contributed by atoms with Crippen LogP contribution in [0.3, 0.4) is 0 Å². The van der Waals surface area contributed by atoms with Crippen LogP contribution in [0.4, 0.5) is 0 Å². The van der Waals surface area contributed by atoms with Crippen molar-refractivity contribution in [2.24, 2.45) is 0 Å². The Morgan fingerprint density at radius 3 is 3.07 bits per heavy atom. The minimum Gasteiger partial charge on any atom is -0.380 e. The Hall–Kier alpha value is -0.120. The lowest BCUT2D eigenvalue weighted by atomic mass is 10.1. The van der Waals surface area contributed by atoms with Crippen molar-refractivity contribution in [1.82, 2.24) is 10.6 Å². The van der Waals surface area contributed by atoms with Crippen LogP contribution in [0.15, 0.2) is 0 Å². The average Bonchev–Trinajstić information content (AvgIpc) is 2.65. The highest BCUT2D eigenvalue weighted by Gasteiger charge is 2.16. The lowest BCUT2D eigenvalue weighted by Crippen LogP contribution is -2.35. The van der Waals surface area contributed by atoms with Gasteiger partial charge in [-0.3, -0.25) is 0 Å². The van der Waals surface area contributed by atoms with Gasteiger partial charge in [0.25, 0.3) is 0 Å². The molecule has 0 radical (unpaired) electrons. The largest absolute Gasteiger partial charge is 0.380 e. The number of hydrogen-bond donors (Lipinski definition) is 2. The molecule has 0 aromatic heterocycles. The van der Waals surface area contributed by atoms with E-state index >= 15 is 0 Å². The summed E-state index contributed by atoms with van der Waals surface area (Å²) in [4.78, 5) is 0. The Morgan fingerprint density at radius 2 is 2.43 bits per heavy atom. The molecule has 3 nitrogen and oxygen atoms in total. The first kappa shape index (κ1) is 12.0. The molecule has 0 aromatic carbocycles. The molecule has 1 fully saturated rings. The molecule has 0 aliphatic carbocycles. The molecule has 0 aromatic rings. The minimum absolute atomic E-state index is 0.603. The molecule has 3 heteroatoms. The fourth-order valence-corrected chi connectivity index (χ4v) is 1.99. The predicted molar refractivity (Wildman–Crippen MR) is 59.6 cm³/mol. The average molecular weight is 200 g/mol. The maximum atomic E-state index is 5.28. The molecular formula is C11H24N2O. The van der Waals surface area contributed by atoms with Crippen molar-refractivity contribution in [3.8, 4) is 0 Å². The fraction of sp³-hybridized carbons (Fsp3) is 1.00. The van der Waals surface area contributed by atoms with Gasteiger partial charge >= 0.3 is 0 Å². The summed E-state index contributed by atoms with van der Waals surface area (Å²) in [6.07, 6.45) is 3.93. The van der Waals surface area contributed by atoms with Crippen molar-refractivity contribution in [1.29, 1.82) is 0 Å². The second kappa shape index (κ2) is 7.21. The molecule has 2 unspecified atom stereocenters. The lowest BCUT2D eigenvalue weighted by molar-refractivity contribution is 0.146. The molecule has 2 N–H and O–H groups in total. The van der Waals surface area contributed by atoms with E-state index in [4.69, 9.17) is 4.74 Å². The Labute approximate surface area is 87.6 Å². The maximum absolute atomic E-state index is 5.28. The molecular weight excluding hydrogens is 176 g/mol. The molecule has 0 bridgehead atoms. The maximum Gasteiger partial charge on any atom is 0.0590 e. The standard InChI is InChI=1S/C11H24N2O/c1-3-14-8-7-12-10(2)9-11-5-4-6-13-11/h10-13H,3-9H2,1-2H3. The van der Waals surface area contributed by atoms with Crippen LogP contribution in [0.2, 0.25) is 0 Å². The summed E-state index contributed by atoms with van der Waals surface area (Å²) < 4.78 is 5.28. The van der Waals surface area contributed by atoms with E-state index in [9.17, 15) is 0 Å². The normalized spacial score (nSPS) is 24.0. The lowest BCUT2D eigenvalue weighted by Gasteiger charge is -2.18. The highest BCUT2D eigenvalue weighted by atomic mass is 16.5.